The lowest BCUT2D eigenvalue weighted by Crippen LogP contribution is -2.60. The molecule has 0 unspecified atom stereocenters. The Morgan fingerprint density at radius 2 is 1.53 bits per heavy atom. The van der Waals surface area contributed by atoms with E-state index in [1.807, 2.05) is 41.5 Å². The summed E-state index contributed by atoms with van der Waals surface area (Å²) in [5, 5.41) is 11.4. The first-order valence-electron chi connectivity index (χ1n) is 6.31. The molecule has 0 aromatic rings. The molecule has 1 saturated heterocycles. The number of rotatable bonds is 1. The zero-order valence-electron chi connectivity index (χ0n) is 12.2. The van der Waals surface area contributed by atoms with E-state index in [9.17, 15) is 10.0 Å². The number of hydroxylamine groups is 2. The van der Waals surface area contributed by atoms with Crippen LogP contribution in [-0.2, 0) is 9.53 Å². The zero-order valence-corrected chi connectivity index (χ0v) is 12.2. The van der Waals surface area contributed by atoms with Crippen LogP contribution in [0.1, 0.15) is 61.3 Å². The number of piperidine rings is 1. The second-order valence-corrected chi connectivity index (χ2v) is 5.58. The van der Waals surface area contributed by atoms with E-state index in [0.717, 1.165) is 0 Å². The van der Waals surface area contributed by atoms with E-state index in [4.69, 9.17) is 4.74 Å². The van der Waals surface area contributed by atoms with Gasteiger partial charge in [0, 0.05) is 30.8 Å². The van der Waals surface area contributed by atoms with Crippen LogP contribution in [0.2, 0.25) is 0 Å². The number of hydrogen-bond acceptors (Lipinski definition) is 4. The second-order valence-electron chi connectivity index (χ2n) is 5.58. The van der Waals surface area contributed by atoms with Crippen LogP contribution in [-0.4, -0.2) is 33.4 Å². The van der Waals surface area contributed by atoms with E-state index in [2.05, 4.69) is 0 Å². The lowest BCUT2D eigenvalue weighted by Gasteiger charge is -2.50. The maximum Gasteiger partial charge on any atom is 0.302 e. The minimum atomic E-state index is -0.359. The summed E-state index contributed by atoms with van der Waals surface area (Å²) in [6.07, 6.45) is 1.22. The molecule has 4 nitrogen and oxygen atoms in total. The SMILES string of the molecule is CC.CC(=O)OC1CC(C)(C)N(O)C(C)(C)C1. The first-order valence-corrected chi connectivity index (χ1v) is 6.31. The van der Waals surface area contributed by atoms with Crippen molar-refractivity contribution in [3.63, 3.8) is 0 Å². The van der Waals surface area contributed by atoms with Gasteiger partial charge < -0.3 is 9.94 Å². The second kappa shape index (κ2) is 5.83. The Kier molecular flexibility index (Phi) is 5.62. The van der Waals surface area contributed by atoms with Crippen molar-refractivity contribution >= 4 is 5.97 Å². The van der Waals surface area contributed by atoms with E-state index < -0.39 is 0 Å². The molecule has 0 bridgehead atoms. The Hall–Kier alpha value is -0.610. The van der Waals surface area contributed by atoms with Crippen molar-refractivity contribution in [1.29, 1.82) is 0 Å². The standard InChI is InChI=1S/C11H21NO3.C2H6/c1-8(13)15-9-6-10(2,3)12(14)11(4,5)7-9;1-2/h9,14H,6-7H2,1-5H3;1-2H3. The third kappa shape index (κ3) is 4.28. The summed E-state index contributed by atoms with van der Waals surface area (Å²) in [5.41, 5.74) is -0.719. The molecule has 1 aliphatic heterocycles. The molecule has 1 fully saturated rings. The van der Waals surface area contributed by atoms with Crippen LogP contribution >= 0.6 is 0 Å². The molecular formula is C13H27NO3. The Morgan fingerprint density at radius 1 is 1.18 bits per heavy atom. The molecular weight excluding hydrogens is 218 g/mol. The maximum absolute atomic E-state index is 10.9. The summed E-state index contributed by atoms with van der Waals surface area (Å²) in [4.78, 5) is 10.9. The summed E-state index contributed by atoms with van der Waals surface area (Å²) >= 11 is 0. The van der Waals surface area contributed by atoms with Crippen LogP contribution in [0.4, 0.5) is 0 Å². The summed E-state index contributed by atoms with van der Waals surface area (Å²) < 4.78 is 5.23. The molecule has 0 saturated carbocycles. The van der Waals surface area contributed by atoms with Crippen molar-refractivity contribution in [3.8, 4) is 0 Å². The van der Waals surface area contributed by atoms with Crippen molar-refractivity contribution in [2.24, 2.45) is 0 Å². The summed E-state index contributed by atoms with van der Waals surface area (Å²) in [6, 6.07) is 0. The third-order valence-corrected chi connectivity index (χ3v) is 2.93. The Balaban J connectivity index is 0.00000121. The summed E-state index contributed by atoms with van der Waals surface area (Å²) in [7, 11) is 0. The average molecular weight is 245 g/mol. The molecule has 0 atom stereocenters. The summed E-state index contributed by atoms with van der Waals surface area (Å²) in [5.74, 6) is -0.252. The molecule has 1 rings (SSSR count). The van der Waals surface area contributed by atoms with Gasteiger partial charge in [-0.2, -0.15) is 5.06 Å². The molecule has 0 aromatic heterocycles. The predicted molar refractivity (Wildman–Crippen MR) is 67.9 cm³/mol. The molecule has 0 radical (unpaired) electrons. The average Bonchev–Trinajstić information content (AvgIpc) is 2.15. The highest BCUT2D eigenvalue weighted by Crippen LogP contribution is 2.37. The molecule has 0 aliphatic carbocycles. The largest absolute Gasteiger partial charge is 0.462 e. The number of esters is 1. The Labute approximate surface area is 105 Å². The van der Waals surface area contributed by atoms with Gasteiger partial charge in [0.2, 0.25) is 0 Å². The molecule has 17 heavy (non-hydrogen) atoms. The zero-order chi connectivity index (χ0) is 13.9. The van der Waals surface area contributed by atoms with Crippen molar-refractivity contribution in [2.45, 2.75) is 78.5 Å². The van der Waals surface area contributed by atoms with Crippen molar-refractivity contribution in [3.05, 3.63) is 0 Å². The minimum Gasteiger partial charge on any atom is -0.462 e. The molecule has 102 valence electrons. The predicted octanol–water partition coefficient (Wildman–Crippen LogP) is 2.99. The fraction of sp³-hybridized carbons (Fsp3) is 0.923. The first-order chi connectivity index (χ1) is 7.65. The van der Waals surface area contributed by atoms with Gasteiger partial charge >= 0.3 is 5.97 Å². The van der Waals surface area contributed by atoms with Crippen LogP contribution in [0.5, 0.6) is 0 Å². The van der Waals surface area contributed by atoms with Crippen molar-refractivity contribution in [2.75, 3.05) is 0 Å². The lowest BCUT2D eigenvalue weighted by molar-refractivity contribution is -0.259. The third-order valence-electron chi connectivity index (χ3n) is 2.93. The molecule has 1 aliphatic rings. The number of carbonyl (C=O) groups is 1. The van der Waals surface area contributed by atoms with Gasteiger partial charge in [-0.25, -0.2) is 0 Å². The van der Waals surface area contributed by atoms with E-state index in [1.165, 1.54) is 12.0 Å². The van der Waals surface area contributed by atoms with Crippen LogP contribution < -0.4 is 0 Å². The fourth-order valence-corrected chi connectivity index (χ4v) is 2.50. The van der Waals surface area contributed by atoms with Gasteiger partial charge in [-0.05, 0) is 27.7 Å². The number of ether oxygens (including phenoxy) is 1. The number of carbonyl (C=O) groups excluding carboxylic acids is 1. The number of hydrogen-bond donors (Lipinski definition) is 1. The Bertz CT molecular complexity index is 243. The quantitative estimate of drug-likeness (QED) is 0.721. The molecule has 0 spiro atoms. The van der Waals surface area contributed by atoms with Crippen molar-refractivity contribution in [1.82, 2.24) is 5.06 Å². The van der Waals surface area contributed by atoms with Gasteiger partial charge in [0.1, 0.15) is 6.10 Å². The highest BCUT2D eigenvalue weighted by atomic mass is 16.5. The minimum absolute atomic E-state index is 0.101. The molecule has 0 aromatic carbocycles. The smallest absolute Gasteiger partial charge is 0.302 e. The van der Waals surface area contributed by atoms with E-state index in [0.29, 0.717) is 12.8 Å². The highest BCUT2D eigenvalue weighted by molar-refractivity contribution is 5.66. The monoisotopic (exact) mass is 245 g/mol. The van der Waals surface area contributed by atoms with E-state index >= 15 is 0 Å². The fourth-order valence-electron chi connectivity index (χ4n) is 2.50. The molecule has 4 heteroatoms. The van der Waals surface area contributed by atoms with Crippen LogP contribution in [0.3, 0.4) is 0 Å². The first kappa shape index (κ1) is 16.4. The summed E-state index contributed by atoms with van der Waals surface area (Å²) in [6.45, 7) is 13.2. The molecule has 1 heterocycles. The Morgan fingerprint density at radius 3 is 1.82 bits per heavy atom. The van der Waals surface area contributed by atoms with Gasteiger partial charge in [0.25, 0.3) is 0 Å². The van der Waals surface area contributed by atoms with Gasteiger partial charge in [-0.3, -0.25) is 4.79 Å². The number of nitrogens with zero attached hydrogens (tertiary/aromatic N) is 1. The van der Waals surface area contributed by atoms with Gasteiger partial charge in [-0.1, -0.05) is 13.8 Å². The van der Waals surface area contributed by atoms with E-state index in [1.54, 1.807) is 0 Å². The van der Waals surface area contributed by atoms with Crippen LogP contribution in [0.15, 0.2) is 0 Å². The van der Waals surface area contributed by atoms with Crippen molar-refractivity contribution < 1.29 is 14.7 Å². The normalized spacial score (nSPS) is 23.5. The van der Waals surface area contributed by atoms with E-state index in [-0.39, 0.29) is 23.2 Å². The van der Waals surface area contributed by atoms with Crippen LogP contribution in [0, 0.1) is 0 Å². The van der Waals surface area contributed by atoms with Gasteiger partial charge in [0.15, 0.2) is 0 Å². The molecule has 0 amide bonds. The topological polar surface area (TPSA) is 49.8 Å². The molecule has 1 N–H and O–H groups in total. The van der Waals surface area contributed by atoms with Gasteiger partial charge in [-0.15, -0.1) is 0 Å². The van der Waals surface area contributed by atoms with Crippen LogP contribution in [0.25, 0.3) is 0 Å². The van der Waals surface area contributed by atoms with Gasteiger partial charge in [0.05, 0.1) is 0 Å². The maximum atomic E-state index is 10.9. The highest BCUT2D eigenvalue weighted by Gasteiger charge is 2.46. The lowest BCUT2D eigenvalue weighted by atomic mass is 9.80.